The number of furan rings is 1. The predicted octanol–water partition coefficient (Wildman–Crippen LogP) is 3.99. The van der Waals surface area contributed by atoms with Crippen molar-refractivity contribution in [3.05, 3.63) is 101 Å². The maximum absolute atomic E-state index is 13.6. The maximum atomic E-state index is 13.6. The molecule has 34 heavy (non-hydrogen) atoms. The summed E-state index contributed by atoms with van der Waals surface area (Å²) in [6.45, 7) is 8.16. The van der Waals surface area contributed by atoms with Crippen molar-refractivity contribution in [2.45, 2.75) is 26.9 Å². The largest absolute Gasteiger partial charge is 0.467 e. The maximum Gasteiger partial charge on any atom is 0.278 e. The molecule has 6 heteroatoms. The van der Waals surface area contributed by atoms with Gasteiger partial charge in [-0.2, -0.15) is 0 Å². The van der Waals surface area contributed by atoms with E-state index in [2.05, 4.69) is 34.1 Å². The van der Waals surface area contributed by atoms with Crippen LogP contribution >= 0.6 is 0 Å². The van der Waals surface area contributed by atoms with Gasteiger partial charge in [0.1, 0.15) is 11.5 Å². The average Bonchev–Trinajstić information content (AvgIpc) is 3.44. The highest BCUT2D eigenvalue weighted by Crippen LogP contribution is 2.34. The molecule has 3 heterocycles. The second-order valence-corrected chi connectivity index (χ2v) is 9.05. The Morgan fingerprint density at radius 2 is 1.56 bits per heavy atom. The Hall–Kier alpha value is -3.64. The molecule has 0 spiro atoms. The molecule has 0 aliphatic carbocycles. The van der Waals surface area contributed by atoms with E-state index < -0.39 is 0 Å². The van der Waals surface area contributed by atoms with Gasteiger partial charge >= 0.3 is 0 Å². The van der Waals surface area contributed by atoms with Gasteiger partial charge in [0, 0.05) is 32.7 Å². The molecule has 5 rings (SSSR count). The fourth-order valence-corrected chi connectivity index (χ4v) is 4.69. The lowest BCUT2D eigenvalue weighted by atomic mass is 9.99. The summed E-state index contributed by atoms with van der Waals surface area (Å²) in [7, 11) is 0. The summed E-state index contributed by atoms with van der Waals surface area (Å²) < 4.78 is 5.43. The number of carbonyl (C=O) groups is 2. The Kier molecular flexibility index (Phi) is 6.07. The number of imide groups is 1. The van der Waals surface area contributed by atoms with Gasteiger partial charge in [-0.25, -0.2) is 0 Å². The molecule has 174 valence electrons. The Morgan fingerprint density at radius 1 is 0.794 bits per heavy atom. The van der Waals surface area contributed by atoms with E-state index in [1.807, 2.05) is 38.1 Å². The third-order valence-corrected chi connectivity index (χ3v) is 6.77. The standard InChI is InChI=1S/C28H29N3O3/c1-20-10-11-23(17-21(20)2)25-26(28(33)31(27(25)32)19-24-9-6-16-34-24)30-14-12-29(13-15-30)18-22-7-4-3-5-8-22/h3-11,16-17H,12-15,18-19H2,1-2H3. The minimum Gasteiger partial charge on any atom is -0.467 e. The molecule has 0 N–H and O–H groups in total. The van der Waals surface area contributed by atoms with Crippen molar-refractivity contribution in [1.29, 1.82) is 0 Å². The first kappa shape index (κ1) is 22.2. The molecule has 2 amide bonds. The number of benzene rings is 2. The van der Waals surface area contributed by atoms with E-state index in [0.717, 1.165) is 36.3 Å². The first-order valence-corrected chi connectivity index (χ1v) is 11.7. The molecular formula is C28H29N3O3. The summed E-state index contributed by atoms with van der Waals surface area (Å²) in [6.07, 6.45) is 1.56. The zero-order chi connectivity index (χ0) is 23.7. The Balaban J connectivity index is 1.42. The van der Waals surface area contributed by atoms with Crippen LogP contribution < -0.4 is 0 Å². The van der Waals surface area contributed by atoms with Gasteiger partial charge in [-0.1, -0.05) is 48.5 Å². The highest BCUT2D eigenvalue weighted by atomic mass is 16.3. The molecule has 1 aromatic heterocycles. The van der Waals surface area contributed by atoms with Crippen molar-refractivity contribution in [3.8, 4) is 0 Å². The lowest BCUT2D eigenvalue weighted by Crippen LogP contribution is -2.47. The molecule has 6 nitrogen and oxygen atoms in total. The molecule has 0 unspecified atom stereocenters. The van der Waals surface area contributed by atoms with E-state index >= 15 is 0 Å². The van der Waals surface area contributed by atoms with Crippen LogP contribution in [0.2, 0.25) is 0 Å². The molecule has 3 aromatic rings. The van der Waals surface area contributed by atoms with Gasteiger partial charge in [-0.3, -0.25) is 19.4 Å². The van der Waals surface area contributed by atoms with E-state index in [-0.39, 0.29) is 18.4 Å². The molecule has 2 aliphatic rings. The van der Waals surface area contributed by atoms with Crippen LogP contribution in [0, 0.1) is 13.8 Å². The van der Waals surface area contributed by atoms with Gasteiger partial charge in [0.15, 0.2) is 0 Å². The van der Waals surface area contributed by atoms with Gasteiger partial charge in [0.05, 0.1) is 18.4 Å². The van der Waals surface area contributed by atoms with Crippen molar-refractivity contribution in [3.63, 3.8) is 0 Å². The van der Waals surface area contributed by atoms with Gasteiger partial charge in [-0.05, 0) is 48.2 Å². The van der Waals surface area contributed by atoms with Crippen LogP contribution in [-0.4, -0.2) is 52.7 Å². The van der Waals surface area contributed by atoms with Crippen molar-refractivity contribution >= 4 is 17.4 Å². The van der Waals surface area contributed by atoms with Gasteiger partial charge in [0.25, 0.3) is 11.8 Å². The van der Waals surface area contributed by atoms with E-state index in [1.165, 1.54) is 10.5 Å². The fraction of sp³-hybridized carbons (Fsp3) is 0.286. The Morgan fingerprint density at radius 3 is 2.24 bits per heavy atom. The topological polar surface area (TPSA) is 57.0 Å². The van der Waals surface area contributed by atoms with Gasteiger partial charge in [0.2, 0.25) is 0 Å². The van der Waals surface area contributed by atoms with Crippen LogP contribution in [0.3, 0.4) is 0 Å². The molecular weight excluding hydrogens is 426 g/mol. The fourth-order valence-electron chi connectivity index (χ4n) is 4.69. The van der Waals surface area contributed by atoms with Gasteiger partial charge < -0.3 is 9.32 Å². The smallest absolute Gasteiger partial charge is 0.278 e. The summed E-state index contributed by atoms with van der Waals surface area (Å²) in [5, 5.41) is 0. The zero-order valence-corrected chi connectivity index (χ0v) is 19.7. The second kappa shape index (κ2) is 9.31. The average molecular weight is 456 g/mol. The number of piperazine rings is 1. The Bertz CT molecular complexity index is 1220. The summed E-state index contributed by atoms with van der Waals surface area (Å²) in [6, 6.07) is 20.0. The minimum absolute atomic E-state index is 0.135. The number of amides is 2. The summed E-state index contributed by atoms with van der Waals surface area (Å²) >= 11 is 0. The normalized spacial score (nSPS) is 17.2. The second-order valence-electron chi connectivity index (χ2n) is 9.05. The van der Waals surface area contributed by atoms with Crippen LogP contribution in [0.15, 0.2) is 77.0 Å². The molecule has 2 aromatic carbocycles. The number of hydrogen-bond donors (Lipinski definition) is 0. The first-order chi connectivity index (χ1) is 16.5. The van der Waals surface area contributed by atoms with Crippen LogP contribution in [0.4, 0.5) is 0 Å². The number of aryl methyl sites for hydroxylation is 2. The minimum atomic E-state index is -0.258. The van der Waals surface area contributed by atoms with Crippen molar-refractivity contribution in [2.24, 2.45) is 0 Å². The zero-order valence-electron chi connectivity index (χ0n) is 19.7. The van der Waals surface area contributed by atoms with Crippen LogP contribution in [0.5, 0.6) is 0 Å². The van der Waals surface area contributed by atoms with Crippen molar-refractivity contribution in [1.82, 2.24) is 14.7 Å². The SMILES string of the molecule is Cc1ccc(C2=C(N3CCN(Cc4ccccc4)CC3)C(=O)N(Cc3ccco3)C2=O)cc1C. The predicted molar refractivity (Wildman–Crippen MR) is 130 cm³/mol. The molecule has 0 atom stereocenters. The molecule has 2 aliphatic heterocycles. The number of hydrogen-bond acceptors (Lipinski definition) is 5. The molecule has 0 bridgehead atoms. The molecule has 1 fully saturated rings. The molecule has 0 saturated carbocycles. The monoisotopic (exact) mass is 455 g/mol. The summed E-state index contributed by atoms with van der Waals surface area (Å²) in [4.78, 5) is 33.0. The lowest BCUT2D eigenvalue weighted by molar-refractivity contribution is -0.138. The molecule has 1 saturated heterocycles. The summed E-state index contributed by atoms with van der Waals surface area (Å²) in [5.41, 5.74) is 5.34. The quantitative estimate of drug-likeness (QED) is 0.526. The highest BCUT2D eigenvalue weighted by Gasteiger charge is 2.42. The van der Waals surface area contributed by atoms with E-state index in [9.17, 15) is 9.59 Å². The lowest BCUT2D eigenvalue weighted by Gasteiger charge is -2.36. The molecule has 0 radical (unpaired) electrons. The number of rotatable bonds is 6. The highest BCUT2D eigenvalue weighted by molar-refractivity contribution is 6.35. The van der Waals surface area contributed by atoms with Crippen LogP contribution in [0.1, 0.15) is 28.0 Å². The number of carbonyl (C=O) groups excluding carboxylic acids is 2. The summed E-state index contributed by atoms with van der Waals surface area (Å²) in [5.74, 6) is 0.0903. The Labute approximate surface area is 200 Å². The number of nitrogens with zero attached hydrogens (tertiary/aromatic N) is 3. The van der Waals surface area contributed by atoms with Crippen molar-refractivity contribution in [2.75, 3.05) is 26.2 Å². The van der Waals surface area contributed by atoms with E-state index in [0.29, 0.717) is 30.1 Å². The van der Waals surface area contributed by atoms with Gasteiger partial charge in [-0.15, -0.1) is 0 Å². The van der Waals surface area contributed by atoms with Crippen LogP contribution in [-0.2, 0) is 22.7 Å². The third kappa shape index (κ3) is 4.29. The van der Waals surface area contributed by atoms with E-state index in [1.54, 1.807) is 18.4 Å². The van der Waals surface area contributed by atoms with Crippen molar-refractivity contribution < 1.29 is 14.0 Å². The van der Waals surface area contributed by atoms with Crippen LogP contribution in [0.25, 0.3) is 5.57 Å². The first-order valence-electron chi connectivity index (χ1n) is 11.7. The van der Waals surface area contributed by atoms with E-state index in [4.69, 9.17) is 4.42 Å². The third-order valence-electron chi connectivity index (χ3n) is 6.77.